The van der Waals surface area contributed by atoms with E-state index in [1.165, 1.54) is 22.7 Å². The van der Waals surface area contributed by atoms with Gasteiger partial charge in [-0.3, -0.25) is 0 Å². The summed E-state index contributed by atoms with van der Waals surface area (Å²) < 4.78 is 0. The van der Waals surface area contributed by atoms with Gasteiger partial charge in [0.05, 0.1) is 11.4 Å². The lowest BCUT2D eigenvalue weighted by molar-refractivity contribution is 0.915. The zero-order valence-corrected chi connectivity index (χ0v) is 10.00. The third-order valence-electron chi connectivity index (χ3n) is 3.74. The highest BCUT2D eigenvalue weighted by Crippen LogP contribution is 2.58. The van der Waals surface area contributed by atoms with Gasteiger partial charge in [0.2, 0.25) is 0 Å². The molecule has 1 aromatic rings. The molecule has 0 N–H and O–H groups in total. The first kappa shape index (κ1) is 8.94. The van der Waals surface area contributed by atoms with Crippen molar-refractivity contribution in [3.8, 4) is 0 Å². The SMILES string of the molecule is CN1C2=C(Sc3ccccc31)C1CC1C=C2. The van der Waals surface area contributed by atoms with Gasteiger partial charge in [-0.2, -0.15) is 0 Å². The molecule has 0 saturated heterocycles. The number of hydrogen-bond donors (Lipinski definition) is 0. The van der Waals surface area contributed by atoms with Crippen LogP contribution in [-0.2, 0) is 0 Å². The van der Waals surface area contributed by atoms with Gasteiger partial charge in [-0.15, -0.1) is 0 Å². The minimum atomic E-state index is 0.820. The fourth-order valence-electron chi connectivity index (χ4n) is 2.69. The fourth-order valence-corrected chi connectivity index (χ4v) is 4.11. The standard InChI is InChI=1S/C14H13NS/c1-15-11-4-2-3-5-13(11)16-14-10-8-9(10)6-7-12(14)15/h2-7,9-10H,8H2,1H3. The number of allylic oxidation sites excluding steroid dienone is 3. The molecule has 4 rings (SSSR count). The molecule has 2 aliphatic carbocycles. The van der Waals surface area contributed by atoms with Gasteiger partial charge in [-0.05, 0) is 36.5 Å². The van der Waals surface area contributed by atoms with Gasteiger partial charge in [0.25, 0.3) is 0 Å². The molecule has 2 atom stereocenters. The number of para-hydroxylation sites is 1. The second-order valence-electron chi connectivity index (χ2n) is 4.74. The maximum absolute atomic E-state index is 2.38. The van der Waals surface area contributed by atoms with Gasteiger partial charge < -0.3 is 4.90 Å². The normalized spacial score (nSPS) is 29.7. The smallest absolute Gasteiger partial charge is 0.0550 e. The molecule has 1 heterocycles. The van der Waals surface area contributed by atoms with Crippen LogP contribution in [0.3, 0.4) is 0 Å². The van der Waals surface area contributed by atoms with Crippen LogP contribution in [0.15, 0.2) is 51.9 Å². The van der Waals surface area contributed by atoms with Crippen molar-refractivity contribution < 1.29 is 0 Å². The Morgan fingerprint density at radius 3 is 3.12 bits per heavy atom. The van der Waals surface area contributed by atoms with Gasteiger partial charge in [0.1, 0.15) is 0 Å². The number of likely N-dealkylation sites (N-methyl/N-ethyl adjacent to an activating group) is 1. The molecule has 1 saturated carbocycles. The molecule has 0 spiro atoms. The van der Waals surface area contributed by atoms with Crippen LogP contribution in [0.5, 0.6) is 0 Å². The number of anilines is 1. The molecule has 0 bridgehead atoms. The highest BCUT2D eigenvalue weighted by atomic mass is 32.2. The minimum absolute atomic E-state index is 0.820. The lowest BCUT2D eigenvalue weighted by Gasteiger charge is -2.32. The number of nitrogens with zero attached hydrogens (tertiary/aromatic N) is 1. The number of fused-ring (bicyclic) bond motifs is 3. The Hall–Kier alpha value is -1.15. The lowest BCUT2D eigenvalue weighted by Crippen LogP contribution is -2.21. The van der Waals surface area contributed by atoms with Crippen molar-refractivity contribution in [3.63, 3.8) is 0 Å². The van der Waals surface area contributed by atoms with E-state index in [1.807, 2.05) is 11.8 Å². The zero-order chi connectivity index (χ0) is 10.7. The minimum Gasteiger partial charge on any atom is -0.343 e. The second kappa shape index (κ2) is 2.95. The van der Waals surface area contributed by atoms with E-state index in [0.29, 0.717) is 0 Å². The quantitative estimate of drug-likeness (QED) is 0.665. The predicted molar refractivity (Wildman–Crippen MR) is 68.5 cm³/mol. The Labute approximate surface area is 99.8 Å². The Kier molecular flexibility index (Phi) is 1.65. The molecular weight excluding hydrogens is 214 g/mol. The molecule has 1 aromatic carbocycles. The van der Waals surface area contributed by atoms with E-state index in [1.54, 1.807) is 4.91 Å². The first-order valence-corrected chi connectivity index (χ1v) is 6.59. The maximum Gasteiger partial charge on any atom is 0.0550 e. The molecule has 0 amide bonds. The summed E-state index contributed by atoms with van der Waals surface area (Å²) in [5.74, 6) is 1.66. The van der Waals surface area contributed by atoms with E-state index >= 15 is 0 Å². The highest BCUT2D eigenvalue weighted by molar-refractivity contribution is 8.03. The summed E-state index contributed by atoms with van der Waals surface area (Å²) in [5, 5.41) is 0. The second-order valence-corrected chi connectivity index (χ2v) is 5.83. The van der Waals surface area contributed by atoms with E-state index in [0.717, 1.165) is 11.8 Å². The molecule has 2 heteroatoms. The van der Waals surface area contributed by atoms with E-state index in [2.05, 4.69) is 48.4 Å². The fraction of sp³-hybridized carbons (Fsp3) is 0.286. The Morgan fingerprint density at radius 2 is 2.19 bits per heavy atom. The highest BCUT2D eigenvalue weighted by Gasteiger charge is 2.43. The molecule has 0 radical (unpaired) electrons. The summed E-state index contributed by atoms with van der Waals surface area (Å²) in [7, 11) is 2.18. The summed E-state index contributed by atoms with van der Waals surface area (Å²) in [6.07, 6.45) is 6.05. The Morgan fingerprint density at radius 1 is 1.31 bits per heavy atom. The van der Waals surface area contributed by atoms with Gasteiger partial charge in [-0.25, -0.2) is 0 Å². The van der Waals surface area contributed by atoms with Crippen LogP contribution >= 0.6 is 11.8 Å². The first-order chi connectivity index (χ1) is 7.84. The van der Waals surface area contributed by atoms with Crippen LogP contribution in [0.25, 0.3) is 0 Å². The number of benzene rings is 1. The monoisotopic (exact) mass is 227 g/mol. The summed E-state index contributed by atoms with van der Waals surface area (Å²) in [6, 6.07) is 8.69. The zero-order valence-electron chi connectivity index (χ0n) is 9.18. The van der Waals surface area contributed by atoms with Crippen LogP contribution in [0.2, 0.25) is 0 Å². The molecular formula is C14H13NS. The topological polar surface area (TPSA) is 3.24 Å². The molecule has 0 aromatic heterocycles. The van der Waals surface area contributed by atoms with Crippen molar-refractivity contribution in [2.45, 2.75) is 11.3 Å². The average Bonchev–Trinajstić information content (AvgIpc) is 3.09. The summed E-state index contributed by atoms with van der Waals surface area (Å²) in [6.45, 7) is 0. The van der Waals surface area contributed by atoms with Crippen LogP contribution in [0, 0.1) is 11.8 Å². The average molecular weight is 227 g/mol. The van der Waals surface area contributed by atoms with Crippen molar-refractivity contribution >= 4 is 17.4 Å². The number of hydrogen-bond acceptors (Lipinski definition) is 2. The number of rotatable bonds is 0. The van der Waals surface area contributed by atoms with Crippen molar-refractivity contribution in [2.75, 3.05) is 11.9 Å². The Bertz CT molecular complexity index is 529. The molecule has 2 unspecified atom stereocenters. The Balaban J connectivity index is 1.87. The van der Waals surface area contributed by atoms with Gasteiger partial charge >= 0.3 is 0 Å². The van der Waals surface area contributed by atoms with Crippen molar-refractivity contribution in [3.05, 3.63) is 47.0 Å². The maximum atomic E-state index is 2.38. The van der Waals surface area contributed by atoms with E-state index in [4.69, 9.17) is 0 Å². The lowest BCUT2D eigenvalue weighted by atomic mass is 10.1. The predicted octanol–water partition coefficient (Wildman–Crippen LogP) is 3.65. The van der Waals surface area contributed by atoms with Gasteiger partial charge in [0.15, 0.2) is 0 Å². The molecule has 1 aliphatic heterocycles. The molecule has 80 valence electrons. The van der Waals surface area contributed by atoms with E-state index in [-0.39, 0.29) is 0 Å². The third kappa shape index (κ3) is 1.08. The third-order valence-corrected chi connectivity index (χ3v) is 5.04. The van der Waals surface area contributed by atoms with E-state index in [9.17, 15) is 0 Å². The molecule has 1 fully saturated rings. The summed E-state index contributed by atoms with van der Waals surface area (Å²) >= 11 is 1.98. The molecule has 3 aliphatic rings. The van der Waals surface area contributed by atoms with Crippen LogP contribution < -0.4 is 4.90 Å². The van der Waals surface area contributed by atoms with Gasteiger partial charge in [-0.1, -0.05) is 30.0 Å². The van der Waals surface area contributed by atoms with Crippen LogP contribution in [0.4, 0.5) is 5.69 Å². The van der Waals surface area contributed by atoms with Crippen LogP contribution in [-0.4, -0.2) is 7.05 Å². The largest absolute Gasteiger partial charge is 0.343 e. The van der Waals surface area contributed by atoms with Gasteiger partial charge in [0, 0.05) is 16.8 Å². The van der Waals surface area contributed by atoms with E-state index < -0.39 is 0 Å². The molecule has 16 heavy (non-hydrogen) atoms. The summed E-state index contributed by atoms with van der Waals surface area (Å²) in [5.41, 5.74) is 2.76. The van der Waals surface area contributed by atoms with Crippen molar-refractivity contribution in [1.29, 1.82) is 0 Å². The summed E-state index contributed by atoms with van der Waals surface area (Å²) in [4.78, 5) is 5.34. The first-order valence-electron chi connectivity index (χ1n) is 5.77. The van der Waals surface area contributed by atoms with Crippen molar-refractivity contribution in [2.24, 2.45) is 11.8 Å². The van der Waals surface area contributed by atoms with Crippen LogP contribution in [0.1, 0.15) is 6.42 Å². The number of thioether (sulfide) groups is 1. The molecule has 1 nitrogen and oxygen atoms in total. The van der Waals surface area contributed by atoms with Crippen molar-refractivity contribution in [1.82, 2.24) is 0 Å².